The van der Waals surface area contributed by atoms with Gasteiger partial charge in [-0.05, 0) is 62.7 Å². The number of aryl methyl sites for hydroxylation is 1. The highest BCUT2D eigenvalue weighted by Crippen LogP contribution is 2.33. The quantitative estimate of drug-likeness (QED) is 0.372. The highest BCUT2D eigenvalue weighted by atomic mass is 19.4. The highest BCUT2D eigenvalue weighted by Gasteiger charge is 2.30. The molecule has 0 fully saturated rings. The van der Waals surface area contributed by atoms with Crippen LogP contribution in [0.25, 0.3) is 0 Å². The molecule has 0 saturated heterocycles. The van der Waals surface area contributed by atoms with E-state index in [-0.39, 0.29) is 17.8 Å². The first-order chi connectivity index (χ1) is 16.2. The van der Waals surface area contributed by atoms with Crippen LogP contribution in [0.5, 0.6) is 11.5 Å². The molecule has 1 heterocycles. The highest BCUT2D eigenvalue weighted by molar-refractivity contribution is 6.05. The number of benzene rings is 2. The zero-order valence-corrected chi connectivity index (χ0v) is 19.3. The Bertz CT molecular complexity index is 1130. The number of carbonyl (C=O) groups excluding carboxylic acids is 1. The minimum Gasteiger partial charge on any atom is -0.457 e. The third-order valence-corrected chi connectivity index (χ3v) is 4.98. The van der Waals surface area contributed by atoms with Crippen molar-refractivity contribution in [3.8, 4) is 11.5 Å². The van der Waals surface area contributed by atoms with Crippen molar-refractivity contribution in [1.82, 2.24) is 4.98 Å². The van der Waals surface area contributed by atoms with Gasteiger partial charge in [0.15, 0.2) is 0 Å². The predicted molar refractivity (Wildman–Crippen MR) is 124 cm³/mol. The number of hydrogen-bond donors (Lipinski definition) is 1. The molecule has 3 rings (SSSR count). The summed E-state index contributed by atoms with van der Waals surface area (Å²) in [5, 5.41) is 2.79. The average Bonchev–Trinajstić information content (AvgIpc) is 2.77. The molecule has 3 aromatic rings. The standard InChI is InChI=1S/C26H27F3N2O3/c1-4-13-33-17(2)14-21-11-12-24(18(3)30-21)25(32)31-20-8-6-10-23(16-20)34-22-9-5-7-19(15-22)26(27,28)29/h5-12,15-17H,4,13-14H2,1-3H3,(H,31,32). The zero-order valence-electron chi connectivity index (χ0n) is 19.3. The molecule has 0 radical (unpaired) electrons. The molecule has 0 aliphatic rings. The maximum atomic E-state index is 12.9. The average molecular weight is 473 g/mol. The Morgan fingerprint density at radius 2 is 1.76 bits per heavy atom. The second-order valence-electron chi connectivity index (χ2n) is 7.93. The first-order valence-electron chi connectivity index (χ1n) is 11.0. The Balaban J connectivity index is 1.67. The summed E-state index contributed by atoms with van der Waals surface area (Å²) >= 11 is 0. The molecule has 1 unspecified atom stereocenters. The number of nitrogens with one attached hydrogen (secondary N) is 1. The van der Waals surface area contributed by atoms with Crippen molar-refractivity contribution in [3.63, 3.8) is 0 Å². The Hall–Kier alpha value is -3.39. The number of alkyl halides is 3. The van der Waals surface area contributed by atoms with Gasteiger partial charge in [0.2, 0.25) is 0 Å². The van der Waals surface area contributed by atoms with Crippen molar-refractivity contribution in [2.75, 3.05) is 11.9 Å². The van der Waals surface area contributed by atoms with E-state index >= 15 is 0 Å². The maximum Gasteiger partial charge on any atom is 0.416 e. The molecule has 5 nitrogen and oxygen atoms in total. The first-order valence-corrected chi connectivity index (χ1v) is 11.0. The van der Waals surface area contributed by atoms with Crippen LogP contribution < -0.4 is 10.1 Å². The minimum atomic E-state index is -4.46. The zero-order chi connectivity index (χ0) is 24.7. The van der Waals surface area contributed by atoms with Gasteiger partial charge in [-0.3, -0.25) is 9.78 Å². The monoisotopic (exact) mass is 472 g/mol. The topological polar surface area (TPSA) is 60.5 Å². The summed E-state index contributed by atoms with van der Waals surface area (Å²) in [6.07, 6.45) is -2.83. The molecular weight excluding hydrogens is 445 g/mol. The van der Waals surface area contributed by atoms with Crippen molar-refractivity contribution < 1.29 is 27.4 Å². The lowest BCUT2D eigenvalue weighted by molar-refractivity contribution is -0.137. The molecule has 0 saturated carbocycles. The Morgan fingerprint density at radius 1 is 1.06 bits per heavy atom. The van der Waals surface area contributed by atoms with E-state index in [1.165, 1.54) is 12.1 Å². The van der Waals surface area contributed by atoms with E-state index < -0.39 is 11.7 Å². The normalized spacial score (nSPS) is 12.3. The number of pyridine rings is 1. The molecule has 8 heteroatoms. The summed E-state index contributed by atoms with van der Waals surface area (Å²) in [5.74, 6) is -0.00230. The van der Waals surface area contributed by atoms with E-state index in [1.54, 1.807) is 43.3 Å². The van der Waals surface area contributed by atoms with E-state index in [0.717, 1.165) is 24.2 Å². The van der Waals surface area contributed by atoms with Gasteiger partial charge in [-0.1, -0.05) is 19.1 Å². The number of amides is 1. The summed E-state index contributed by atoms with van der Waals surface area (Å²) in [6.45, 7) is 6.50. The van der Waals surface area contributed by atoms with Crippen LogP contribution in [0.2, 0.25) is 0 Å². The first kappa shape index (κ1) is 25.2. The number of hydrogen-bond acceptors (Lipinski definition) is 4. The second-order valence-corrected chi connectivity index (χ2v) is 7.93. The summed E-state index contributed by atoms with van der Waals surface area (Å²) in [4.78, 5) is 17.3. The molecule has 0 spiro atoms. The van der Waals surface area contributed by atoms with E-state index in [1.807, 2.05) is 6.92 Å². The summed E-state index contributed by atoms with van der Waals surface area (Å²) < 4.78 is 50.0. The fraction of sp³-hybridized carbons (Fsp3) is 0.308. The van der Waals surface area contributed by atoms with Gasteiger partial charge < -0.3 is 14.8 Å². The molecule has 0 aliphatic heterocycles. The smallest absolute Gasteiger partial charge is 0.416 e. The predicted octanol–water partition coefficient (Wildman–Crippen LogP) is 6.81. The van der Waals surface area contributed by atoms with Crippen LogP contribution in [0.15, 0.2) is 60.7 Å². The fourth-order valence-corrected chi connectivity index (χ4v) is 3.35. The largest absolute Gasteiger partial charge is 0.457 e. The Labute approximate surface area is 196 Å². The molecular formula is C26H27F3N2O3. The molecule has 2 aromatic carbocycles. The number of anilines is 1. The van der Waals surface area contributed by atoms with Crippen molar-refractivity contribution in [1.29, 1.82) is 0 Å². The van der Waals surface area contributed by atoms with Crippen molar-refractivity contribution in [3.05, 3.63) is 83.2 Å². The molecule has 1 atom stereocenters. The Kier molecular flexibility index (Phi) is 8.28. The SMILES string of the molecule is CCCOC(C)Cc1ccc(C(=O)Nc2cccc(Oc3cccc(C(F)(F)F)c3)c2)c(C)n1. The molecule has 1 aromatic heterocycles. The van der Waals surface area contributed by atoms with Gasteiger partial charge in [-0.25, -0.2) is 0 Å². The van der Waals surface area contributed by atoms with Crippen LogP contribution in [-0.4, -0.2) is 23.6 Å². The lowest BCUT2D eigenvalue weighted by Gasteiger charge is -2.14. The lowest BCUT2D eigenvalue weighted by atomic mass is 10.1. The summed E-state index contributed by atoms with van der Waals surface area (Å²) in [6, 6.07) is 14.6. The maximum absolute atomic E-state index is 12.9. The lowest BCUT2D eigenvalue weighted by Crippen LogP contribution is -2.16. The minimum absolute atomic E-state index is 0.0334. The van der Waals surface area contributed by atoms with Gasteiger partial charge in [-0.15, -0.1) is 0 Å². The molecule has 180 valence electrons. The third kappa shape index (κ3) is 7.05. The van der Waals surface area contributed by atoms with Crippen LogP contribution >= 0.6 is 0 Å². The van der Waals surface area contributed by atoms with Gasteiger partial charge in [0.25, 0.3) is 5.91 Å². The van der Waals surface area contributed by atoms with E-state index in [2.05, 4.69) is 17.2 Å². The van der Waals surface area contributed by atoms with Gasteiger partial charge >= 0.3 is 6.18 Å². The van der Waals surface area contributed by atoms with Gasteiger partial charge in [0, 0.05) is 30.5 Å². The molecule has 1 N–H and O–H groups in total. The van der Waals surface area contributed by atoms with Crippen molar-refractivity contribution in [2.45, 2.75) is 45.9 Å². The number of carbonyl (C=O) groups is 1. The van der Waals surface area contributed by atoms with Gasteiger partial charge in [0.05, 0.1) is 22.9 Å². The number of halogens is 3. The van der Waals surface area contributed by atoms with Crippen LogP contribution in [0.4, 0.5) is 18.9 Å². The van der Waals surface area contributed by atoms with E-state index in [9.17, 15) is 18.0 Å². The van der Waals surface area contributed by atoms with Crippen LogP contribution in [0.1, 0.15) is 47.6 Å². The summed E-state index contributed by atoms with van der Waals surface area (Å²) in [5.41, 5.74) is 1.50. The molecule has 34 heavy (non-hydrogen) atoms. The summed E-state index contributed by atoms with van der Waals surface area (Å²) in [7, 11) is 0. The van der Waals surface area contributed by atoms with Gasteiger partial charge in [0.1, 0.15) is 11.5 Å². The van der Waals surface area contributed by atoms with Crippen molar-refractivity contribution in [2.24, 2.45) is 0 Å². The van der Waals surface area contributed by atoms with Crippen LogP contribution in [0, 0.1) is 6.92 Å². The number of aromatic nitrogens is 1. The molecule has 1 amide bonds. The van der Waals surface area contributed by atoms with E-state index in [4.69, 9.17) is 9.47 Å². The van der Waals surface area contributed by atoms with E-state index in [0.29, 0.717) is 35.7 Å². The van der Waals surface area contributed by atoms with Gasteiger partial charge in [-0.2, -0.15) is 13.2 Å². The van der Waals surface area contributed by atoms with Crippen molar-refractivity contribution >= 4 is 11.6 Å². The molecule has 0 aliphatic carbocycles. The number of ether oxygens (including phenoxy) is 2. The molecule has 0 bridgehead atoms. The second kappa shape index (κ2) is 11.2. The fourth-order valence-electron chi connectivity index (χ4n) is 3.35. The Morgan fingerprint density at radius 3 is 2.44 bits per heavy atom. The number of rotatable bonds is 9. The van der Waals surface area contributed by atoms with Crippen LogP contribution in [-0.2, 0) is 17.3 Å². The van der Waals surface area contributed by atoms with Crippen LogP contribution in [0.3, 0.4) is 0 Å². The third-order valence-electron chi connectivity index (χ3n) is 4.98. The number of nitrogens with zero attached hydrogens (tertiary/aromatic N) is 1.